The number of thioether (sulfide) groups is 1. The molecule has 3 rings (SSSR count). The molecule has 2 saturated heterocycles. The topological polar surface area (TPSA) is 26.8 Å². The Bertz CT molecular complexity index is 680. The third-order valence-corrected chi connectivity index (χ3v) is 6.60. The molecule has 0 aliphatic carbocycles. The molecule has 0 bridgehead atoms. The highest BCUT2D eigenvalue weighted by molar-refractivity contribution is 8.00. The van der Waals surface area contributed by atoms with Gasteiger partial charge in [-0.3, -0.25) is 9.69 Å². The van der Waals surface area contributed by atoms with E-state index in [2.05, 4.69) is 44.4 Å². The fourth-order valence-corrected chi connectivity index (χ4v) is 5.19. The fraction of sp³-hybridized carbons (Fsp3) is 0.667. The van der Waals surface area contributed by atoms with E-state index in [1.165, 1.54) is 0 Å². The minimum Gasteiger partial charge on any atom is -0.366 e. The monoisotopic (exact) mass is 393 g/mol. The lowest BCUT2D eigenvalue weighted by Crippen LogP contribution is -2.53. The van der Waals surface area contributed by atoms with Gasteiger partial charge in [0.1, 0.15) is 11.2 Å². The van der Waals surface area contributed by atoms with Crippen LogP contribution < -0.4 is 4.90 Å². The van der Waals surface area contributed by atoms with Crippen molar-refractivity contribution in [2.75, 3.05) is 43.4 Å². The maximum Gasteiger partial charge on any atom is 0.233 e. The molecule has 0 spiro atoms. The summed E-state index contributed by atoms with van der Waals surface area (Å²) in [5, 5.41) is -0.0914. The quantitative estimate of drug-likeness (QED) is 0.773. The summed E-state index contributed by atoms with van der Waals surface area (Å²) < 4.78 is 14.9. The van der Waals surface area contributed by atoms with Crippen molar-refractivity contribution in [3.8, 4) is 0 Å². The van der Waals surface area contributed by atoms with Crippen LogP contribution >= 0.6 is 11.8 Å². The summed E-state index contributed by atoms with van der Waals surface area (Å²) in [7, 11) is 0. The smallest absolute Gasteiger partial charge is 0.233 e. The van der Waals surface area contributed by atoms with Gasteiger partial charge in [0.2, 0.25) is 5.91 Å². The first-order valence-electron chi connectivity index (χ1n) is 9.88. The van der Waals surface area contributed by atoms with Gasteiger partial charge in [-0.25, -0.2) is 4.39 Å². The van der Waals surface area contributed by atoms with Crippen LogP contribution in [0.3, 0.4) is 0 Å². The fourth-order valence-electron chi connectivity index (χ4n) is 3.97. The molecule has 6 heteroatoms. The summed E-state index contributed by atoms with van der Waals surface area (Å²) in [6.07, 6.45) is 0. The minimum absolute atomic E-state index is 0.0914. The first kappa shape index (κ1) is 20.5. The van der Waals surface area contributed by atoms with Gasteiger partial charge in [0.25, 0.3) is 0 Å². The molecule has 1 unspecified atom stereocenters. The van der Waals surface area contributed by atoms with Crippen LogP contribution in [0.15, 0.2) is 18.2 Å². The van der Waals surface area contributed by atoms with E-state index in [0.717, 1.165) is 31.7 Å². The Labute approximate surface area is 167 Å². The molecule has 0 saturated carbocycles. The average Bonchev–Trinajstić information content (AvgIpc) is 2.94. The molecule has 1 aromatic rings. The van der Waals surface area contributed by atoms with Crippen molar-refractivity contribution in [2.45, 2.75) is 45.5 Å². The first-order chi connectivity index (χ1) is 12.7. The average molecular weight is 394 g/mol. The van der Waals surface area contributed by atoms with Crippen LogP contribution in [0, 0.1) is 11.7 Å². The third-order valence-electron chi connectivity index (χ3n) is 5.36. The zero-order valence-corrected chi connectivity index (χ0v) is 18.0. The highest BCUT2D eigenvalue weighted by atomic mass is 32.2. The van der Waals surface area contributed by atoms with Crippen molar-refractivity contribution in [2.24, 2.45) is 5.92 Å². The Morgan fingerprint density at radius 3 is 2.44 bits per heavy atom. The lowest BCUT2D eigenvalue weighted by atomic mass is 10.0. The highest BCUT2D eigenvalue weighted by Gasteiger charge is 2.36. The van der Waals surface area contributed by atoms with E-state index in [1.54, 1.807) is 23.9 Å². The van der Waals surface area contributed by atoms with Gasteiger partial charge in [-0.15, -0.1) is 11.8 Å². The number of hydrogen-bond acceptors (Lipinski definition) is 4. The second kappa shape index (κ2) is 8.00. The first-order valence-corrected chi connectivity index (χ1v) is 10.9. The maximum atomic E-state index is 14.9. The van der Waals surface area contributed by atoms with Crippen LogP contribution in [-0.4, -0.2) is 59.7 Å². The van der Waals surface area contributed by atoms with Crippen LogP contribution in [0.4, 0.5) is 10.1 Å². The standard InChI is InChI=1S/C21H32FN3OS/c1-15(2)13-25-18(26)14-27-20(25)16-7-6-8-17(22)19(16)23-9-11-24(12-10-23)21(3,4)5/h6-8,15,20H,9-14H2,1-5H3. The highest BCUT2D eigenvalue weighted by Crippen LogP contribution is 2.44. The number of nitrogens with zero attached hydrogens (tertiary/aromatic N) is 3. The summed E-state index contributed by atoms with van der Waals surface area (Å²) in [6, 6.07) is 5.32. The maximum absolute atomic E-state index is 14.9. The number of anilines is 1. The Morgan fingerprint density at radius 2 is 1.85 bits per heavy atom. The number of amides is 1. The molecular formula is C21H32FN3OS. The SMILES string of the molecule is CC(C)CN1C(=O)CSC1c1cccc(F)c1N1CCN(C(C)(C)C)CC1. The Balaban J connectivity index is 1.87. The predicted octanol–water partition coefficient (Wildman–Crippen LogP) is 3.98. The number of para-hydroxylation sites is 1. The van der Waals surface area contributed by atoms with E-state index >= 15 is 0 Å². The van der Waals surface area contributed by atoms with Gasteiger partial charge in [-0.1, -0.05) is 26.0 Å². The summed E-state index contributed by atoms with van der Waals surface area (Å²) in [5.74, 6) is 0.848. The number of carbonyl (C=O) groups excluding carboxylic acids is 1. The summed E-state index contributed by atoms with van der Waals surface area (Å²) in [5.41, 5.74) is 1.76. The van der Waals surface area contributed by atoms with Crippen LogP contribution in [0.5, 0.6) is 0 Å². The molecule has 1 atom stereocenters. The lowest BCUT2D eigenvalue weighted by Gasteiger charge is -2.43. The van der Waals surface area contributed by atoms with Gasteiger partial charge in [0.15, 0.2) is 0 Å². The van der Waals surface area contributed by atoms with Crippen molar-refractivity contribution >= 4 is 23.4 Å². The molecule has 4 nitrogen and oxygen atoms in total. The van der Waals surface area contributed by atoms with E-state index in [9.17, 15) is 9.18 Å². The van der Waals surface area contributed by atoms with Crippen LogP contribution in [0.25, 0.3) is 0 Å². The second-order valence-corrected chi connectivity index (χ2v) is 9.99. The second-order valence-electron chi connectivity index (χ2n) is 8.93. The molecule has 2 aliphatic heterocycles. The van der Waals surface area contributed by atoms with Crippen molar-refractivity contribution in [1.29, 1.82) is 0 Å². The Kier molecular flexibility index (Phi) is 6.06. The number of carbonyl (C=O) groups is 1. The minimum atomic E-state index is -0.179. The number of hydrogen-bond donors (Lipinski definition) is 0. The van der Waals surface area contributed by atoms with Gasteiger partial charge in [0, 0.05) is 43.8 Å². The van der Waals surface area contributed by atoms with E-state index in [0.29, 0.717) is 23.9 Å². The van der Waals surface area contributed by atoms with Crippen molar-refractivity contribution in [3.05, 3.63) is 29.6 Å². The van der Waals surface area contributed by atoms with E-state index in [-0.39, 0.29) is 22.6 Å². The van der Waals surface area contributed by atoms with Gasteiger partial charge >= 0.3 is 0 Å². The van der Waals surface area contributed by atoms with Crippen LogP contribution in [0.2, 0.25) is 0 Å². The van der Waals surface area contributed by atoms with E-state index in [4.69, 9.17) is 0 Å². The molecular weight excluding hydrogens is 361 g/mol. The van der Waals surface area contributed by atoms with Crippen molar-refractivity contribution in [1.82, 2.24) is 9.80 Å². The molecule has 0 radical (unpaired) electrons. The molecule has 2 heterocycles. The third kappa shape index (κ3) is 4.43. The van der Waals surface area contributed by atoms with Crippen molar-refractivity contribution < 1.29 is 9.18 Å². The molecule has 150 valence electrons. The number of rotatable bonds is 4. The number of benzene rings is 1. The van der Waals surface area contributed by atoms with Crippen LogP contribution in [0.1, 0.15) is 45.6 Å². The molecule has 0 N–H and O–H groups in total. The Morgan fingerprint density at radius 1 is 1.19 bits per heavy atom. The molecule has 2 fully saturated rings. The summed E-state index contributed by atoms with van der Waals surface area (Å²) >= 11 is 1.62. The lowest BCUT2D eigenvalue weighted by molar-refractivity contribution is -0.128. The van der Waals surface area contributed by atoms with Gasteiger partial charge in [0.05, 0.1) is 11.4 Å². The van der Waals surface area contributed by atoms with E-state index < -0.39 is 0 Å². The van der Waals surface area contributed by atoms with Gasteiger partial charge in [-0.05, 0) is 32.8 Å². The van der Waals surface area contributed by atoms with Crippen molar-refractivity contribution in [3.63, 3.8) is 0 Å². The number of piperazine rings is 1. The number of halogens is 1. The molecule has 1 amide bonds. The molecule has 1 aromatic carbocycles. The van der Waals surface area contributed by atoms with Crippen LogP contribution in [-0.2, 0) is 4.79 Å². The summed E-state index contributed by atoms with van der Waals surface area (Å²) in [6.45, 7) is 15.1. The van der Waals surface area contributed by atoms with Gasteiger partial charge in [-0.2, -0.15) is 0 Å². The zero-order valence-electron chi connectivity index (χ0n) is 17.2. The Hall–Kier alpha value is -1.27. The van der Waals surface area contributed by atoms with Gasteiger partial charge < -0.3 is 9.80 Å². The van der Waals surface area contributed by atoms with E-state index in [1.807, 2.05) is 11.0 Å². The molecule has 0 aromatic heterocycles. The molecule has 2 aliphatic rings. The largest absolute Gasteiger partial charge is 0.366 e. The zero-order chi connectivity index (χ0) is 19.8. The molecule has 27 heavy (non-hydrogen) atoms. The predicted molar refractivity (Wildman–Crippen MR) is 112 cm³/mol. The summed E-state index contributed by atoms with van der Waals surface area (Å²) in [4.78, 5) is 19.0. The normalized spacial score (nSPS) is 22.2.